The highest BCUT2D eigenvalue weighted by Crippen LogP contribution is 2.26. The predicted octanol–water partition coefficient (Wildman–Crippen LogP) is 1.81. The maximum atomic E-state index is 11.6. The van der Waals surface area contributed by atoms with Gasteiger partial charge < -0.3 is 4.74 Å². The van der Waals surface area contributed by atoms with Gasteiger partial charge in [-0.15, -0.1) is 0 Å². The van der Waals surface area contributed by atoms with Crippen LogP contribution in [0.4, 0.5) is 0 Å². The van der Waals surface area contributed by atoms with E-state index >= 15 is 0 Å². The van der Waals surface area contributed by atoms with E-state index in [1.165, 1.54) is 0 Å². The lowest BCUT2D eigenvalue weighted by atomic mass is 10.2. The molecule has 0 aromatic heterocycles. The lowest BCUT2D eigenvalue weighted by molar-refractivity contribution is -0.149. The molecule has 14 heavy (non-hydrogen) atoms. The largest absolute Gasteiger partial charge is 0.465 e. The molecule has 0 bridgehead atoms. The zero-order chi connectivity index (χ0) is 10.7. The summed E-state index contributed by atoms with van der Waals surface area (Å²) in [7, 11) is 0. The summed E-state index contributed by atoms with van der Waals surface area (Å²) in [6, 6.07) is 0.913. The smallest absolute Gasteiger partial charge is 0.323 e. The minimum atomic E-state index is -0.0504. The number of esters is 1. The van der Waals surface area contributed by atoms with Gasteiger partial charge in [-0.1, -0.05) is 0 Å². The topological polar surface area (TPSA) is 29.5 Å². The highest BCUT2D eigenvalue weighted by Gasteiger charge is 2.37. The number of rotatable bonds is 3. The molecule has 0 N–H and O–H groups in total. The van der Waals surface area contributed by atoms with Crippen LogP contribution in [0.2, 0.25) is 0 Å². The average Bonchev–Trinajstić information content (AvgIpc) is 2.47. The van der Waals surface area contributed by atoms with Gasteiger partial charge >= 0.3 is 5.97 Å². The third-order valence-corrected chi connectivity index (χ3v) is 2.88. The average molecular weight is 199 g/mol. The second-order valence-electron chi connectivity index (χ2n) is 4.24. The molecule has 1 saturated heterocycles. The molecule has 0 saturated carbocycles. The summed E-state index contributed by atoms with van der Waals surface area (Å²) in [5.41, 5.74) is 0. The first-order chi connectivity index (χ1) is 6.57. The lowest BCUT2D eigenvalue weighted by Gasteiger charge is -2.30. The van der Waals surface area contributed by atoms with Crippen LogP contribution >= 0.6 is 0 Å². The third-order valence-electron chi connectivity index (χ3n) is 2.88. The van der Waals surface area contributed by atoms with Gasteiger partial charge in [0.05, 0.1) is 6.61 Å². The van der Waals surface area contributed by atoms with Crippen molar-refractivity contribution in [2.45, 2.75) is 58.7 Å². The number of hydrogen-bond donors (Lipinski definition) is 0. The van der Waals surface area contributed by atoms with Gasteiger partial charge in [0.1, 0.15) is 6.04 Å². The van der Waals surface area contributed by atoms with Crippen LogP contribution in [0, 0.1) is 0 Å². The number of carbonyl (C=O) groups is 1. The van der Waals surface area contributed by atoms with Crippen LogP contribution in [-0.4, -0.2) is 35.6 Å². The van der Waals surface area contributed by atoms with E-state index in [1.807, 2.05) is 6.92 Å². The van der Waals surface area contributed by atoms with Crippen LogP contribution in [-0.2, 0) is 9.53 Å². The number of likely N-dealkylation sites (tertiary alicyclic amines) is 1. The summed E-state index contributed by atoms with van der Waals surface area (Å²) in [6.07, 6.45) is 2.04. The molecule has 0 unspecified atom stereocenters. The van der Waals surface area contributed by atoms with E-state index in [-0.39, 0.29) is 12.0 Å². The van der Waals surface area contributed by atoms with E-state index < -0.39 is 0 Å². The molecular formula is C11H21NO2. The Hall–Kier alpha value is -0.570. The molecule has 1 aliphatic heterocycles. The Kier molecular flexibility index (Phi) is 3.93. The van der Waals surface area contributed by atoms with Crippen LogP contribution in [0.15, 0.2) is 0 Å². The van der Waals surface area contributed by atoms with E-state index in [2.05, 4.69) is 25.7 Å². The number of carbonyl (C=O) groups excluding carboxylic acids is 1. The molecule has 1 heterocycles. The summed E-state index contributed by atoms with van der Waals surface area (Å²) in [6.45, 7) is 8.78. The maximum absolute atomic E-state index is 11.6. The number of nitrogens with zero attached hydrogens (tertiary/aromatic N) is 1. The molecule has 1 rings (SSSR count). The van der Waals surface area contributed by atoms with Crippen molar-refractivity contribution < 1.29 is 9.53 Å². The first-order valence-electron chi connectivity index (χ1n) is 5.52. The summed E-state index contributed by atoms with van der Waals surface area (Å²) < 4.78 is 5.07. The van der Waals surface area contributed by atoms with Crippen LogP contribution in [0.25, 0.3) is 0 Å². The Morgan fingerprint density at radius 1 is 1.50 bits per heavy atom. The standard InChI is InChI=1S/C11H21NO2/c1-5-14-11(13)10-7-6-9(4)12(10)8(2)3/h8-10H,5-7H2,1-4H3/t9-,10-/m0/s1. The summed E-state index contributed by atoms with van der Waals surface area (Å²) in [5, 5.41) is 0. The van der Waals surface area contributed by atoms with Crippen LogP contribution in [0.1, 0.15) is 40.5 Å². The minimum absolute atomic E-state index is 0.00931. The van der Waals surface area contributed by atoms with E-state index in [9.17, 15) is 4.79 Å². The van der Waals surface area contributed by atoms with Gasteiger partial charge in [0.25, 0.3) is 0 Å². The van der Waals surface area contributed by atoms with Crippen LogP contribution in [0.3, 0.4) is 0 Å². The quantitative estimate of drug-likeness (QED) is 0.649. The molecule has 0 spiro atoms. The molecule has 82 valence electrons. The van der Waals surface area contributed by atoms with Gasteiger partial charge in [0.2, 0.25) is 0 Å². The van der Waals surface area contributed by atoms with E-state index in [0.717, 1.165) is 12.8 Å². The zero-order valence-corrected chi connectivity index (χ0v) is 9.62. The maximum Gasteiger partial charge on any atom is 0.323 e. The van der Waals surface area contributed by atoms with E-state index in [4.69, 9.17) is 4.74 Å². The van der Waals surface area contributed by atoms with Crippen LogP contribution < -0.4 is 0 Å². The first kappa shape index (κ1) is 11.5. The molecule has 0 aromatic rings. The fourth-order valence-electron chi connectivity index (χ4n) is 2.35. The van der Waals surface area contributed by atoms with Crippen molar-refractivity contribution in [1.82, 2.24) is 4.90 Å². The van der Waals surface area contributed by atoms with Gasteiger partial charge in [0, 0.05) is 12.1 Å². The molecular weight excluding hydrogens is 178 g/mol. The van der Waals surface area contributed by atoms with Crippen LogP contribution in [0.5, 0.6) is 0 Å². The molecule has 2 atom stereocenters. The lowest BCUT2D eigenvalue weighted by Crippen LogP contribution is -2.44. The van der Waals surface area contributed by atoms with Gasteiger partial charge in [-0.3, -0.25) is 9.69 Å². The first-order valence-corrected chi connectivity index (χ1v) is 5.52. The normalized spacial score (nSPS) is 28.4. The van der Waals surface area contributed by atoms with Crippen molar-refractivity contribution in [3.05, 3.63) is 0 Å². The Morgan fingerprint density at radius 3 is 2.64 bits per heavy atom. The van der Waals surface area contributed by atoms with Crippen molar-refractivity contribution in [2.75, 3.05) is 6.61 Å². The molecule has 0 aliphatic carbocycles. The van der Waals surface area contributed by atoms with Gasteiger partial charge in [-0.25, -0.2) is 0 Å². The van der Waals surface area contributed by atoms with Gasteiger partial charge in [-0.05, 0) is 40.5 Å². The fourth-order valence-corrected chi connectivity index (χ4v) is 2.35. The second kappa shape index (κ2) is 4.78. The molecule has 3 nitrogen and oxygen atoms in total. The van der Waals surface area contributed by atoms with Gasteiger partial charge in [0.15, 0.2) is 0 Å². The molecule has 1 fully saturated rings. The Balaban J connectivity index is 2.64. The SMILES string of the molecule is CCOC(=O)[C@@H]1CC[C@H](C)N1C(C)C. The number of hydrogen-bond acceptors (Lipinski definition) is 3. The van der Waals surface area contributed by atoms with Crippen molar-refractivity contribution >= 4 is 5.97 Å². The van der Waals surface area contributed by atoms with E-state index in [0.29, 0.717) is 18.7 Å². The fraction of sp³-hybridized carbons (Fsp3) is 0.909. The summed E-state index contributed by atoms with van der Waals surface area (Å²) >= 11 is 0. The Bertz CT molecular complexity index is 203. The third kappa shape index (κ3) is 2.27. The predicted molar refractivity (Wildman–Crippen MR) is 56.1 cm³/mol. The Labute approximate surface area is 86.4 Å². The summed E-state index contributed by atoms with van der Waals surface area (Å²) in [4.78, 5) is 13.9. The number of ether oxygens (including phenoxy) is 1. The van der Waals surface area contributed by atoms with Crippen molar-refractivity contribution in [3.8, 4) is 0 Å². The monoisotopic (exact) mass is 199 g/mol. The van der Waals surface area contributed by atoms with Crippen molar-refractivity contribution in [3.63, 3.8) is 0 Å². The molecule has 0 amide bonds. The second-order valence-corrected chi connectivity index (χ2v) is 4.24. The van der Waals surface area contributed by atoms with E-state index in [1.54, 1.807) is 0 Å². The molecule has 0 radical (unpaired) electrons. The highest BCUT2D eigenvalue weighted by atomic mass is 16.5. The Morgan fingerprint density at radius 2 is 2.14 bits per heavy atom. The highest BCUT2D eigenvalue weighted by molar-refractivity contribution is 5.76. The molecule has 0 aromatic carbocycles. The zero-order valence-electron chi connectivity index (χ0n) is 9.62. The molecule has 3 heteroatoms. The van der Waals surface area contributed by atoms with Crippen molar-refractivity contribution in [1.29, 1.82) is 0 Å². The molecule has 1 aliphatic rings. The van der Waals surface area contributed by atoms with Gasteiger partial charge in [-0.2, -0.15) is 0 Å². The summed E-state index contributed by atoms with van der Waals surface area (Å²) in [5.74, 6) is -0.0504. The van der Waals surface area contributed by atoms with Crippen molar-refractivity contribution in [2.24, 2.45) is 0 Å². The minimum Gasteiger partial charge on any atom is -0.465 e.